The number of para-hydroxylation sites is 1. The smallest absolute Gasteiger partial charge is 0.459 e. The maximum atomic E-state index is 13.7. The molecule has 1 saturated heterocycles. The van der Waals surface area contributed by atoms with Gasteiger partial charge >= 0.3 is 25.4 Å². The van der Waals surface area contributed by atoms with Crippen LogP contribution in [0.2, 0.25) is 0 Å². The van der Waals surface area contributed by atoms with E-state index in [0.717, 1.165) is 4.57 Å². The molecule has 3 N–H and O–H groups in total. The van der Waals surface area contributed by atoms with E-state index >= 15 is 0 Å². The van der Waals surface area contributed by atoms with E-state index < -0.39 is 74.2 Å². The lowest BCUT2D eigenvalue weighted by Crippen LogP contribution is -2.39. The number of hydrogen-bond acceptors (Lipinski definition) is 11. The summed E-state index contributed by atoms with van der Waals surface area (Å²) in [6.07, 6.45) is -3.39. The van der Waals surface area contributed by atoms with Crippen molar-refractivity contribution in [1.82, 2.24) is 14.6 Å². The van der Waals surface area contributed by atoms with Gasteiger partial charge in [-0.05, 0) is 46.8 Å². The predicted octanol–water partition coefficient (Wildman–Crippen LogP) is 1.56. The second-order valence-electron chi connectivity index (χ2n) is 9.52. The molecule has 2 aromatic rings. The normalized spacial score (nSPS) is 21.8. The van der Waals surface area contributed by atoms with Crippen LogP contribution in [0, 0.1) is 6.92 Å². The molecule has 40 heavy (non-hydrogen) atoms. The van der Waals surface area contributed by atoms with E-state index in [4.69, 9.17) is 23.3 Å². The maximum absolute atomic E-state index is 13.7. The largest absolute Gasteiger partial charge is 0.460 e. The summed E-state index contributed by atoms with van der Waals surface area (Å²) in [5.41, 5.74) is -0.980. The number of ether oxygens (including phenoxy) is 3. The first-order valence-electron chi connectivity index (χ1n) is 12.6. The van der Waals surface area contributed by atoms with Crippen LogP contribution in [0.15, 0.2) is 46.1 Å². The molecule has 1 aliphatic heterocycles. The molecule has 1 unspecified atom stereocenters. The predicted molar refractivity (Wildman–Crippen MR) is 141 cm³/mol. The van der Waals surface area contributed by atoms with Crippen molar-refractivity contribution in [1.29, 1.82) is 0 Å². The van der Waals surface area contributed by atoms with Gasteiger partial charge in [0.25, 0.3) is 5.56 Å². The average molecular weight is 584 g/mol. The Morgan fingerprint density at radius 1 is 1.15 bits per heavy atom. The summed E-state index contributed by atoms with van der Waals surface area (Å²) in [6, 6.07) is 6.77. The van der Waals surface area contributed by atoms with E-state index in [2.05, 4.69) is 10.1 Å². The molecule has 0 radical (unpaired) electrons. The fourth-order valence-electron chi connectivity index (χ4n) is 3.66. The molecular weight excluding hydrogens is 549 g/mol. The number of aliphatic hydroxyl groups excluding tert-OH is 1. The Hall–Kier alpha value is -3.29. The highest BCUT2D eigenvalue weighted by Gasteiger charge is 2.40. The number of carbonyl (C=O) groups is 2. The molecule has 0 bridgehead atoms. The minimum Gasteiger partial charge on any atom is -0.460 e. The molecule has 0 saturated carbocycles. The summed E-state index contributed by atoms with van der Waals surface area (Å²) in [7, 11) is -4.31. The number of nitrogens with one attached hydrogen (secondary N) is 2. The van der Waals surface area contributed by atoms with Gasteiger partial charge in [-0.2, -0.15) is 5.09 Å². The Bertz CT molecular complexity index is 1340. The Morgan fingerprint density at radius 2 is 1.82 bits per heavy atom. The summed E-state index contributed by atoms with van der Waals surface area (Å²) < 4.78 is 41.9. The molecule has 15 heteroatoms. The Labute approximate surface area is 230 Å². The van der Waals surface area contributed by atoms with Gasteiger partial charge in [0.2, 0.25) is 0 Å². The van der Waals surface area contributed by atoms with E-state index in [9.17, 15) is 28.8 Å². The quantitative estimate of drug-likeness (QED) is 0.242. The zero-order chi connectivity index (χ0) is 29.6. The minimum absolute atomic E-state index is 0.0101. The molecule has 2 heterocycles. The van der Waals surface area contributed by atoms with Crippen LogP contribution in [0.3, 0.4) is 0 Å². The van der Waals surface area contributed by atoms with Crippen LogP contribution >= 0.6 is 7.75 Å². The SMILES string of the molecule is Cc1cn([C@H]2C[C@H](O)[C@@H](COP(=O)(N[C@@H](C)C(=O)O[C@@H](C)C(=O)OC(C)C)Oc3ccccc3)O2)c(=O)[nH]c1=O. The molecule has 0 amide bonds. The fourth-order valence-corrected chi connectivity index (χ4v) is 5.16. The van der Waals surface area contributed by atoms with Gasteiger partial charge in [0.15, 0.2) is 6.10 Å². The highest BCUT2D eigenvalue weighted by atomic mass is 31.2. The minimum atomic E-state index is -4.31. The number of nitrogens with zero attached hydrogens (tertiary/aromatic N) is 1. The van der Waals surface area contributed by atoms with Crippen LogP contribution < -0.4 is 20.9 Å². The number of esters is 2. The van der Waals surface area contributed by atoms with Gasteiger partial charge in [-0.3, -0.25) is 23.7 Å². The zero-order valence-electron chi connectivity index (χ0n) is 22.8. The maximum Gasteiger partial charge on any atom is 0.459 e. The second-order valence-corrected chi connectivity index (χ2v) is 11.2. The average Bonchev–Trinajstić information content (AvgIpc) is 3.25. The standard InChI is InChI=1S/C25H34N3O11P/c1-14(2)36-24(32)17(5)37-23(31)16(4)27-40(34,39-18-9-7-6-8-10-18)35-13-20-19(29)11-21(38-20)28-12-15(3)22(30)26-25(28)33/h6-10,12,14,16-17,19-21,29H,11,13H2,1-5H3,(H,27,34)(H,26,30,33)/t16-,17-,19-,20+,21+,40?/m0/s1. The Kier molecular flexibility index (Phi) is 10.4. The third kappa shape index (κ3) is 8.35. The molecule has 1 aromatic heterocycles. The van der Waals surface area contributed by atoms with Gasteiger partial charge in [-0.1, -0.05) is 18.2 Å². The lowest BCUT2D eigenvalue weighted by atomic mass is 10.2. The number of aromatic amines is 1. The third-order valence-electron chi connectivity index (χ3n) is 5.72. The molecule has 0 spiro atoms. The van der Waals surface area contributed by atoms with Gasteiger partial charge in [-0.25, -0.2) is 14.2 Å². The van der Waals surface area contributed by atoms with Crippen molar-refractivity contribution in [2.75, 3.05) is 6.61 Å². The van der Waals surface area contributed by atoms with E-state index in [1.807, 2.05) is 0 Å². The molecule has 14 nitrogen and oxygen atoms in total. The fraction of sp³-hybridized carbons (Fsp3) is 0.520. The number of aromatic nitrogens is 2. The van der Waals surface area contributed by atoms with E-state index in [1.165, 1.54) is 39.1 Å². The number of carbonyl (C=O) groups excluding carboxylic acids is 2. The summed E-state index contributed by atoms with van der Waals surface area (Å²) in [6.45, 7) is 7.05. The summed E-state index contributed by atoms with van der Waals surface area (Å²) in [4.78, 5) is 50.7. The summed E-state index contributed by atoms with van der Waals surface area (Å²) in [5.74, 6) is -1.50. The molecular formula is C25H34N3O11P. The van der Waals surface area contributed by atoms with Crippen molar-refractivity contribution in [2.24, 2.45) is 0 Å². The van der Waals surface area contributed by atoms with Crippen LogP contribution in [-0.2, 0) is 32.9 Å². The number of benzene rings is 1. The monoisotopic (exact) mass is 583 g/mol. The van der Waals surface area contributed by atoms with E-state index in [-0.39, 0.29) is 17.7 Å². The molecule has 220 valence electrons. The van der Waals surface area contributed by atoms with E-state index in [0.29, 0.717) is 0 Å². The Balaban J connectivity index is 1.71. The lowest BCUT2D eigenvalue weighted by molar-refractivity contribution is -0.169. The van der Waals surface area contributed by atoms with Crippen molar-refractivity contribution in [2.45, 2.75) is 77.7 Å². The zero-order valence-corrected chi connectivity index (χ0v) is 23.7. The van der Waals surface area contributed by atoms with Gasteiger partial charge in [0.05, 0.1) is 18.8 Å². The second kappa shape index (κ2) is 13.4. The first-order chi connectivity index (χ1) is 18.8. The van der Waals surface area contributed by atoms with Gasteiger partial charge < -0.3 is 23.8 Å². The first-order valence-corrected chi connectivity index (χ1v) is 14.2. The topological polar surface area (TPSA) is 184 Å². The van der Waals surface area contributed by atoms with Crippen LogP contribution in [0.5, 0.6) is 5.75 Å². The summed E-state index contributed by atoms with van der Waals surface area (Å²) in [5, 5.41) is 13.0. The van der Waals surface area contributed by atoms with Crippen molar-refractivity contribution in [3.05, 3.63) is 62.9 Å². The van der Waals surface area contributed by atoms with Crippen LogP contribution in [0.4, 0.5) is 0 Å². The van der Waals surface area contributed by atoms with Gasteiger partial charge in [-0.15, -0.1) is 0 Å². The third-order valence-corrected chi connectivity index (χ3v) is 7.36. The van der Waals surface area contributed by atoms with Crippen molar-refractivity contribution in [3.63, 3.8) is 0 Å². The molecule has 1 aliphatic rings. The highest BCUT2D eigenvalue weighted by Crippen LogP contribution is 2.46. The van der Waals surface area contributed by atoms with Crippen molar-refractivity contribution >= 4 is 19.7 Å². The lowest BCUT2D eigenvalue weighted by Gasteiger charge is -2.25. The number of H-pyrrole nitrogens is 1. The molecule has 1 aromatic carbocycles. The number of rotatable bonds is 12. The highest BCUT2D eigenvalue weighted by molar-refractivity contribution is 7.52. The number of aliphatic hydroxyl groups is 1. The summed E-state index contributed by atoms with van der Waals surface area (Å²) >= 11 is 0. The molecule has 1 fully saturated rings. The number of hydrogen-bond donors (Lipinski definition) is 3. The Morgan fingerprint density at radius 3 is 2.48 bits per heavy atom. The van der Waals surface area contributed by atoms with Crippen molar-refractivity contribution in [3.8, 4) is 5.75 Å². The molecule has 0 aliphatic carbocycles. The van der Waals surface area contributed by atoms with Crippen LogP contribution in [0.1, 0.15) is 45.9 Å². The first kappa shape index (κ1) is 31.2. The van der Waals surface area contributed by atoms with Crippen molar-refractivity contribution < 1.29 is 42.5 Å². The van der Waals surface area contributed by atoms with Gasteiger partial charge in [0.1, 0.15) is 24.1 Å². The molecule has 3 rings (SSSR count). The van der Waals surface area contributed by atoms with E-state index in [1.54, 1.807) is 32.0 Å². The van der Waals surface area contributed by atoms with Crippen LogP contribution in [-0.4, -0.2) is 63.7 Å². The molecule has 6 atom stereocenters. The van der Waals surface area contributed by atoms with Gasteiger partial charge in [0, 0.05) is 18.2 Å². The van der Waals surface area contributed by atoms with Crippen LogP contribution in [0.25, 0.3) is 0 Å². The number of aryl methyl sites for hydroxylation is 1.